The van der Waals surface area contributed by atoms with Crippen LogP contribution in [0.5, 0.6) is 0 Å². The molecular formula is C9H11N5. The van der Waals surface area contributed by atoms with Crippen molar-refractivity contribution in [3.8, 4) is 5.95 Å². The van der Waals surface area contributed by atoms with Crippen molar-refractivity contribution in [2.45, 2.75) is 6.92 Å². The summed E-state index contributed by atoms with van der Waals surface area (Å²) in [5.74, 6) is 0.581. The Labute approximate surface area is 81.8 Å². The molecule has 2 rings (SSSR count). The number of hydrogen-bond acceptors (Lipinski definition) is 4. The molecule has 0 radical (unpaired) electrons. The van der Waals surface area contributed by atoms with E-state index in [2.05, 4.69) is 20.4 Å². The quantitative estimate of drug-likeness (QED) is 0.766. The summed E-state index contributed by atoms with van der Waals surface area (Å²) in [6.07, 6.45) is 7.10. The van der Waals surface area contributed by atoms with Crippen molar-refractivity contribution >= 4 is 5.69 Å². The third-order valence-corrected chi connectivity index (χ3v) is 1.84. The average molecular weight is 189 g/mol. The maximum atomic E-state index is 4.16. The monoisotopic (exact) mass is 189 g/mol. The minimum Gasteiger partial charge on any atom is -0.386 e. The first kappa shape index (κ1) is 8.68. The van der Waals surface area contributed by atoms with Gasteiger partial charge in [0.2, 0.25) is 0 Å². The minimum atomic E-state index is 0.581. The molecule has 72 valence electrons. The zero-order valence-electron chi connectivity index (χ0n) is 8.10. The smallest absolute Gasteiger partial charge is 0.250 e. The van der Waals surface area contributed by atoms with Gasteiger partial charge in [0.15, 0.2) is 0 Å². The molecule has 0 unspecified atom stereocenters. The standard InChI is InChI=1S/C9H11N5/c1-7-3-11-9(12-4-7)14-6-8(10-2)5-13-14/h3-6,10H,1-2H3. The van der Waals surface area contributed by atoms with Crippen LogP contribution in [0, 0.1) is 6.92 Å². The van der Waals surface area contributed by atoms with Gasteiger partial charge in [-0.05, 0) is 12.5 Å². The maximum absolute atomic E-state index is 4.16. The van der Waals surface area contributed by atoms with E-state index in [0.29, 0.717) is 5.95 Å². The molecule has 0 saturated carbocycles. The van der Waals surface area contributed by atoms with Crippen LogP contribution in [0.4, 0.5) is 5.69 Å². The predicted octanol–water partition coefficient (Wildman–Crippen LogP) is 1.01. The first-order valence-corrected chi connectivity index (χ1v) is 4.31. The van der Waals surface area contributed by atoms with E-state index in [1.165, 1.54) is 0 Å². The van der Waals surface area contributed by atoms with Crippen LogP contribution in [-0.4, -0.2) is 26.8 Å². The Kier molecular flexibility index (Phi) is 2.14. The Bertz CT molecular complexity index is 417. The highest BCUT2D eigenvalue weighted by molar-refractivity contribution is 5.38. The lowest BCUT2D eigenvalue weighted by atomic mass is 10.4. The fourth-order valence-electron chi connectivity index (χ4n) is 1.07. The highest BCUT2D eigenvalue weighted by atomic mass is 15.3. The highest BCUT2D eigenvalue weighted by Gasteiger charge is 2.00. The number of aromatic nitrogens is 4. The van der Waals surface area contributed by atoms with E-state index in [-0.39, 0.29) is 0 Å². The van der Waals surface area contributed by atoms with Gasteiger partial charge in [0, 0.05) is 19.4 Å². The van der Waals surface area contributed by atoms with Gasteiger partial charge >= 0.3 is 0 Å². The number of nitrogens with zero attached hydrogens (tertiary/aromatic N) is 4. The molecule has 0 fully saturated rings. The van der Waals surface area contributed by atoms with Gasteiger partial charge in [-0.25, -0.2) is 14.6 Å². The summed E-state index contributed by atoms with van der Waals surface area (Å²) in [7, 11) is 1.84. The molecule has 0 aliphatic heterocycles. The summed E-state index contributed by atoms with van der Waals surface area (Å²) in [5.41, 5.74) is 1.98. The van der Waals surface area contributed by atoms with Gasteiger partial charge in [-0.1, -0.05) is 0 Å². The Balaban J connectivity index is 2.34. The zero-order chi connectivity index (χ0) is 9.97. The Morgan fingerprint density at radius 1 is 1.21 bits per heavy atom. The molecule has 5 nitrogen and oxygen atoms in total. The van der Waals surface area contributed by atoms with Crippen molar-refractivity contribution in [3.05, 3.63) is 30.4 Å². The van der Waals surface area contributed by atoms with E-state index >= 15 is 0 Å². The summed E-state index contributed by atoms with van der Waals surface area (Å²) >= 11 is 0. The summed E-state index contributed by atoms with van der Waals surface area (Å²) in [6, 6.07) is 0. The second-order valence-electron chi connectivity index (χ2n) is 2.98. The fourth-order valence-corrected chi connectivity index (χ4v) is 1.07. The van der Waals surface area contributed by atoms with Crippen LogP contribution in [0.25, 0.3) is 5.95 Å². The molecule has 14 heavy (non-hydrogen) atoms. The van der Waals surface area contributed by atoms with Crippen LogP contribution in [0.15, 0.2) is 24.8 Å². The highest BCUT2D eigenvalue weighted by Crippen LogP contribution is 2.06. The third-order valence-electron chi connectivity index (χ3n) is 1.84. The van der Waals surface area contributed by atoms with Gasteiger partial charge in [-0.15, -0.1) is 0 Å². The van der Waals surface area contributed by atoms with Crippen LogP contribution in [-0.2, 0) is 0 Å². The Morgan fingerprint density at radius 3 is 2.50 bits per heavy atom. The Hall–Kier alpha value is -1.91. The molecule has 0 amide bonds. The molecule has 0 spiro atoms. The second kappa shape index (κ2) is 3.45. The molecular weight excluding hydrogens is 178 g/mol. The second-order valence-corrected chi connectivity index (χ2v) is 2.98. The van der Waals surface area contributed by atoms with Crippen LogP contribution < -0.4 is 5.32 Å². The van der Waals surface area contributed by atoms with E-state index < -0.39 is 0 Å². The van der Waals surface area contributed by atoms with Crippen molar-refractivity contribution in [3.63, 3.8) is 0 Å². The van der Waals surface area contributed by atoms with Crippen molar-refractivity contribution < 1.29 is 0 Å². The molecule has 2 aromatic rings. The van der Waals surface area contributed by atoms with E-state index in [1.807, 2.05) is 20.2 Å². The number of rotatable bonds is 2. The van der Waals surface area contributed by atoms with Gasteiger partial charge in [0.25, 0.3) is 5.95 Å². The molecule has 2 aromatic heterocycles. The van der Waals surface area contributed by atoms with Crippen molar-refractivity contribution in [1.29, 1.82) is 0 Å². The third kappa shape index (κ3) is 1.56. The predicted molar refractivity (Wildman–Crippen MR) is 53.4 cm³/mol. The number of aryl methyl sites for hydroxylation is 1. The van der Waals surface area contributed by atoms with Gasteiger partial charge in [-0.2, -0.15) is 5.10 Å². The number of nitrogens with one attached hydrogen (secondary N) is 1. The van der Waals surface area contributed by atoms with Crippen LogP contribution in [0.3, 0.4) is 0 Å². The first-order chi connectivity index (χ1) is 6.79. The lowest BCUT2D eigenvalue weighted by Crippen LogP contribution is -2.00. The van der Waals surface area contributed by atoms with E-state index in [1.54, 1.807) is 23.3 Å². The van der Waals surface area contributed by atoms with Crippen LogP contribution >= 0.6 is 0 Å². The molecule has 5 heteroatoms. The maximum Gasteiger partial charge on any atom is 0.250 e. The first-order valence-electron chi connectivity index (χ1n) is 4.31. The summed E-state index contributed by atoms with van der Waals surface area (Å²) in [5, 5.41) is 7.11. The average Bonchev–Trinajstić information content (AvgIpc) is 2.67. The fraction of sp³-hybridized carbons (Fsp3) is 0.222. The van der Waals surface area contributed by atoms with Crippen LogP contribution in [0.2, 0.25) is 0 Å². The van der Waals surface area contributed by atoms with Gasteiger partial charge in [0.1, 0.15) is 0 Å². The van der Waals surface area contributed by atoms with Gasteiger partial charge in [-0.3, -0.25) is 0 Å². The molecule has 0 aliphatic rings. The van der Waals surface area contributed by atoms with E-state index in [4.69, 9.17) is 0 Å². The molecule has 0 atom stereocenters. The lowest BCUT2D eigenvalue weighted by Gasteiger charge is -1.98. The molecule has 0 aromatic carbocycles. The van der Waals surface area contributed by atoms with Crippen molar-refractivity contribution in [2.24, 2.45) is 0 Å². The summed E-state index contributed by atoms with van der Waals surface area (Å²) in [4.78, 5) is 8.32. The van der Waals surface area contributed by atoms with Gasteiger partial charge in [0.05, 0.1) is 18.1 Å². The molecule has 0 aliphatic carbocycles. The number of anilines is 1. The summed E-state index contributed by atoms with van der Waals surface area (Å²) in [6.45, 7) is 1.95. The summed E-state index contributed by atoms with van der Waals surface area (Å²) < 4.78 is 1.63. The van der Waals surface area contributed by atoms with Crippen molar-refractivity contribution in [1.82, 2.24) is 19.7 Å². The van der Waals surface area contributed by atoms with Crippen molar-refractivity contribution in [2.75, 3.05) is 12.4 Å². The molecule has 2 heterocycles. The molecule has 1 N–H and O–H groups in total. The normalized spacial score (nSPS) is 10.1. The molecule has 0 bridgehead atoms. The number of hydrogen-bond donors (Lipinski definition) is 1. The lowest BCUT2D eigenvalue weighted by molar-refractivity contribution is 0.805. The largest absolute Gasteiger partial charge is 0.386 e. The minimum absolute atomic E-state index is 0.581. The SMILES string of the molecule is CNc1cnn(-c2ncc(C)cn2)c1. The van der Waals surface area contributed by atoms with E-state index in [0.717, 1.165) is 11.3 Å². The van der Waals surface area contributed by atoms with E-state index in [9.17, 15) is 0 Å². The Morgan fingerprint density at radius 2 is 1.93 bits per heavy atom. The zero-order valence-corrected chi connectivity index (χ0v) is 8.10. The van der Waals surface area contributed by atoms with Gasteiger partial charge < -0.3 is 5.32 Å². The van der Waals surface area contributed by atoms with Crippen LogP contribution in [0.1, 0.15) is 5.56 Å². The molecule has 0 saturated heterocycles. The topological polar surface area (TPSA) is 55.6 Å².